The van der Waals surface area contributed by atoms with Gasteiger partial charge in [0.05, 0.1) is 17.6 Å². The van der Waals surface area contributed by atoms with E-state index in [1.807, 2.05) is 27.7 Å². The van der Waals surface area contributed by atoms with E-state index in [4.69, 9.17) is 9.47 Å². The average molecular weight is 228 g/mol. The lowest BCUT2D eigenvalue weighted by molar-refractivity contribution is -0.153. The SMILES string of the molecule is C=CC(C)(CCOC(C)(C)C)C(=O)OCC. The van der Waals surface area contributed by atoms with E-state index in [-0.39, 0.29) is 11.6 Å². The van der Waals surface area contributed by atoms with Gasteiger partial charge in [0.25, 0.3) is 0 Å². The van der Waals surface area contributed by atoms with Crippen molar-refractivity contribution >= 4 is 5.97 Å². The quantitative estimate of drug-likeness (QED) is 0.518. The summed E-state index contributed by atoms with van der Waals surface area (Å²) < 4.78 is 10.6. The molecule has 94 valence electrons. The summed E-state index contributed by atoms with van der Waals surface area (Å²) in [4.78, 5) is 11.7. The summed E-state index contributed by atoms with van der Waals surface area (Å²) in [5, 5.41) is 0. The van der Waals surface area contributed by atoms with Crippen LogP contribution < -0.4 is 0 Å². The third-order valence-corrected chi connectivity index (χ3v) is 2.35. The van der Waals surface area contributed by atoms with Gasteiger partial charge in [-0.25, -0.2) is 0 Å². The van der Waals surface area contributed by atoms with Crippen LogP contribution in [-0.4, -0.2) is 24.8 Å². The minimum absolute atomic E-state index is 0.184. The van der Waals surface area contributed by atoms with Crippen LogP contribution in [0.3, 0.4) is 0 Å². The fourth-order valence-electron chi connectivity index (χ4n) is 1.15. The zero-order valence-corrected chi connectivity index (χ0v) is 11.1. The molecule has 1 atom stereocenters. The molecule has 3 nitrogen and oxygen atoms in total. The van der Waals surface area contributed by atoms with Crippen molar-refractivity contribution in [1.82, 2.24) is 0 Å². The second-order valence-corrected chi connectivity index (χ2v) is 5.05. The van der Waals surface area contributed by atoms with Gasteiger partial charge in [-0.05, 0) is 41.0 Å². The number of hydrogen-bond donors (Lipinski definition) is 0. The fourth-order valence-corrected chi connectivity index (χ4v) is 1.15. The van der Waals surface area contributed by atoms with Crippen LogP contribution in [-0.2, 0) is 14.3 Å². The maximum absolute atomic E-state index is 11.7. The highest BCUT2D eigenvalue weighted by atomic mass is 16.5. The number of carbonyl (C=O) groups excluding carboxylic acids is 1. The first-order valence-electron chi connectivity index (χ1n) is 5.70. The number of hydrogen-bond acceptors (Lipinski definition) is 3. The minimum atomic E-state index is -0.652. The fraction of sp³-hybridized carbons (Fsp3) is 0.769. The van der Waals surface area contributed by atoms with Crippen molar-refractivity contribution in [2.75, 3.05) is 13.2 Å². The second kappa shape index (κ2) is 6.04. The van der Waals surface area contributed by atoms with Crippen LogP contribution in [0.1, 0.15) is 41.0 Å². The van der Waals surface area contributed by atoms with E-state index in [2.05, 4.69) is 6.58 Å². The van der Waals surface area contributed by atoms with Gasteiger partial charge < -0.3 is 9.47 Å². The molecule has 0 heterocycles. The molecule has 0 bridgehead atoms. The third-order valence-electron chi connectivity index (χ3n) is 2.35. The van der Waals surface area contributed by atoms with Crippen molar-refractivity contribution < 1.29 is 14.3 Å². The Balaban J connectivity index is 4.27. The van der Waals surface area contributed by atoms with E-state index < -0.39 is 5.41 Å². The van der Waals surface area contributed by atoms with Gasteiger partial charge in [-0.15, -0.1) is 6.58 Å². The van der Waals surface area contributed by atoms with Crippen LogP contribution in [0.15, 0.2) is 12.7 Å². The number of esters is 1. The molecule has 0 saturated carbocycles. The predicted molar refractivity (Wildman–Crippen MR) is 65.3 cm³/mol. The Bertz CT molecular complexity index is 240. The van der Waals surface area contributed by atoms with E-state index in [1.165, 1.54) is 0 Å². The van der Waals surface area contributed by atoms with Crippen LogP contribution in [0.25, 0.3) is 0 Å². The normalized spacial score (nSPS) is 15.3. The van der Waals surface area contributed by atoms with Crippen LogP contribution in [0.4, 0.5) is 0 Å². The number of rotatable bonds is 6. The highest BCUT2D eigenvalue weighted by Gasteiger charge is 2.31. The maximum Gasteiger partial charge on any atom is 0.315 e. The Morgan fingerprint density at radius 2 is 1.88 bits per heavy atom. The van der Waals surface area contributed by atoms with Crippen molar-refractivity contribution in [3.63, 3.8) is 0 Å². The summed E-state index contributed by atoms with van der Waals surface area (Å²) in [6.45, 7) is 14.2. The zero-order chi connectivity index (χ0) is 12.8. The Kier molecular flexibility index (Phi) is 5.73. The summed E-state index contributed by atoms with van der Waals surface area (Å²) in [7, 11) is 0. The average Bonchev–Trinajstić information content (AvgIpc) is 2.15. The molecule has 0 rings (SSSR count). The van der Waals surface area contributed by atoms with Gasteiger partial charge in [-0.2, -0.15) is 0 Å². The maximum atomic E-state index is 11.7. The minimum Gasteiger partial charge on any atom is -0.465 e. The summed E-state index contributed by atoms with van der Waals surface area (Å²) in [5.41, 5.74) is -0.835. The topological polar surface area (TPSA) is 35.5 Å². The Hall–Kier alpha value is -0.830. The molecule has 0 aromatic rings. The van der Waals surface area contributed by atoms with Gasteiger partial charge in [0, 0.05) is 6.61 Å². The molecular weight excluding hydrogens is 204 g/mol. The molecule has 0 aliphatic heterocycles. The molecule has 1 unspecified atom stereocenters. The van der Waals surface area contributed by atoms with Crippen molar-refractivity contribution in [2.24, 2.45) is 5.41 Å². The Morgan fingerprint density at radius 3 is 2.25 bits per heavy atom. The molecule has 0 saturated heterocycles. The molecule has 16 heavy (non-hydrogen) atoms. The second-order valence-electron chi connectivity index (χ2n) is 5.05. The van der Waals surface area contributed by atoms with Crippen LogP contribution in [0.2, 0.25) is 0 Å². The molecule has 0 amide bonds. The van der Waals surface area contributed by atoms with Crippen LogP contribution >= 0.6 is 0 Å². The first kappa shape index (κ1) is 15.2. The summed E-state index contributed by atoms with van der Waals surface area (Å²) in [6.07, 6.45) is 2.23. The van der Waals surface area contributed by atoms with Crippen LogP contribution in [0.5, 0.6) is 0 Å². The largest absolute Gasteiger partial charge is 0.465 e. The van der Waals surface area contributed by atoms with Gasteiger partial charge in [0.1, 0.15) is 0 Å². The number of ether oxygens (including phenoxy) is 2. The molecule has 0 aromatic heterocycles. The molecule has 0 aliphatic carbocycles. The lowest BCUT2D eigenvalue weighted by atomic mass is 9.87. The van der Waals surface area contributed by atoms with Crippen molar-refractivity contribution in [2.45, 2.75) is 46.6 Å². The van der Waals surface area contributed by atoms with E-state index >= 15 is 0 Å². The van der Waals surface area contributed by atoms with Gasteiger partial charge in [-0.3, -0.25) is 4.79 Å². The van der Waals surface area contributed by atoms with Gasteiger partial charge in [-0.1, -0.05) is 6.08 Å². The highest BCUT2D eigenvalue weighted by Crippen LogP contribution is 2.25. The first-order chi connectivity index (χ1) is 7.25. The summed E-state index contributed by atoms with van der Waals surface area (Å²) >= 11 is 0. The van der Waals surface area contributed by atoms with Crippen molar-refractivity contribution in [1.29, 1.82) is 0 Å². The molecule has 0 spiro atoms. The third kappa shape index (κ3) is 5.31. The first-order valence-corrected chi connectivity index (χ1v) is 5.70. The van der Waals surface area contributed by atoms with E-state index in [1.54, 1.807) is 13.0 Å². The van der Waals surface area contributed by atoms with Gasteiger partial charge >= 0.3 is 5.97 Å². The predicted octanol–water partition coefficient (Wildman–Crippen LogP) is 2.95. The molecule has 0 radical (unpaired) electrons. The smallest absolute Gasteiger partial charge is 0.315 e. The molecule has 0 aliphatic rings. The molecule has 3 heteroatoms. The van der Waals surface area contributed by atoms with Gasteiger partial charge in [0.2, 0.25) is 0 Å². The van der Waals surface area contributed by atoms with Crippen molar-refractivity contribution in [3.05, 3.63) is 12.7 Å². The van der Waals surface area contributed by atoms with Crippen LogP contribution in [0, 0.1) is 5.41 Å². The van der Waals surface area contributed by atoms with E-state index in [9.17, 15) is 4.79 Å². The molecule has 0 fully saturated rings. The summed E-state index contributed by atoms with van der Waals surface area (Å²) in [6, 6.07) is 0. The van der Waals surface area contributed by atoms with Gasteiger partial charge in [0.15, 0.2) is 0 Å². The monoisotopic (exact) mass is 228 g/mol. The van der Waals surface area contributed by atoms with Crippen molar-refractivity contribution in [3.8, 4) is 0 Å². The number of carbonyl (C=O) groups is 1. The van der Waals surface area contributed by atoms with E-state index in [0.29, 0.717) is 19.6 Å². The zero-order valence-electron chi connectivity index (χ0n) is 11.1. The molecular formula is C13H24O3. The highest BCUT2D eigenvalue weighted by molar-refractivity contribution is 5.78. The molecule has 0 aromatic carbocycles. The lowest BCUT2D eigenvalue weighted by Gasteiger charge is -2.26. The Labute approximate surface area is 98.8 Å². The Morgan fingerprint density at radius 1 is 1.31 bits per heavy atom. The molecule has 0 N–H and O–H groups in total. The lowest BCUT2D eigenvalue weighted by Crippen LogP contribution is -2.31. The van der Waals surface area contributed by atoms with E-state index in [0.717, 1.165) is 0 Å². The standard InChI is InChI=1S/C13H24O3/c1-7-13(6,11(14)15-8-2)9-10-16-12(3,4)5/h7H,1,8-10H2,2-6H3. The summed E-state index contributed by atoms with van der Waals surface area (Å²) in [5.74, 6) is -0.234.